The fourth-order valence-corrected chi connectivity index (χ4v) is 2.37. The van der Waals surface area contributed by atoms with Gasteiger partial charge in [0.2, 0.25) is 0 Å². The molecule has 1 aliphatic rings. The van der Waals surface area contributed by atoms with Gasteiger partial charge in [-0.05, 0) is 25.1 Å². The highest BCUT2D eigenvalue weighted by atomic mass is 79.9. The lowest BCUT2D eigenvalue weighted by atomic mass is 10.1. The van der Waals surface area contributed by atoms with Crippen LogP contribution < -0.4 is 4.90 Å². The summed E-state index contributed by atoms with van der Waals surface area (Å²) in [6, 6.07) is 7.72. The zero-order valence-electron chi connectivity index (χ0n) is 10.0. The van der Waals surface area contributed by atoms with Crippen molar-refractivity contribution in [3.05, 3.63) is 28.2 Å². The molecule has 1 aliphatic heterocycles. The van der Waals surface area contributed by atoms with Gasteiger partial charge < -0.3 is 9.64 Å². The number of halogens is 1. The second kappa shape index (κ2) is 5.51. The van der Waals surface area contributed by atoms with Crippen molar-refractivity contribution in [2.24, 2.45) is 0 Å². The van der Waals surface area contributed by atoms with Crippen LogP contribution in [0.25, 0.3) is 0 Å². The Labute approximate surface area is 114 Å². The van der Waals surface area contributed by atoms with Crippen molar-refractivity contribution in [1.82, 2.24) is 0 Å². The first-order valence-electron chi connectivity index (χ1n) is 5.68. The third kappa shape index (κ3) is 2.71. The molecule has 94 valence electrons. The van der Waals surface area contributed by atoms with E-state index in [1.54, 1.807) is 6.92 Å². The Morgan fingerprint density at radius 2 is 2.39 bits per heavy atom. The second-order valence-corrected chi connectivity index (χ2v) is 5.07. The Bertz CT molecular complexity index is 510. The minimum absolute atomic E-state index is 0.0197. The average molecular weight is 309 g/mol. The molecule has 0 bridgehead atoms. The van der Waals surface area contributed by atoms with E-state index in [0.29, 0.717) is 25.3 Å². The fourth-order valence-electron chi connectivity index (χ4n) is 2.01. The molecule has 1 fully saturated rings. The predicted molar refractivity (Wildman–Crippen MR) is 71.7 cm³/mol. The molecule has 0 aliphatic carbocycles. The minimum atomic E-state index is -0.429. The predicted octanol–water partition coefficient (Wildman–Crippen LogP) is 2.38. The Kier molecular flexibility index (Phi) is 4.00. The first-order chi connectivity index (χ1) is 8.61. The van der Waals surface area contributed by atoms with Crippen molar-refractivity contribution in [2.45, 2.75) is 13.0 Å². The number of carbonyl (C=O) groups is 1. The van der Waals surface area contributed by atoms with Gasteiger partial charge in [0, 0.05) is 22.3 Å². The van der Waals surface area contributed by atoms with Gasteiger partial charge >= 0.3 is 0 Å². The minimum Gasteiger partial charge on any atom is -0.365 e. The molecule has 1 aromatic rings. The van der Waals surface area contributed by atoms with Gasteiger partial charge in [0.25, 0.3) is 0 Å². The molecular formula is C13H13BrN2O2. The van der Waals surface area contributed by atoms with Gasteiger partial charge in [-0.3, -0.25) is 4.79 Å². The van der Waals surface area contributed by atoms with E-state index >= 15 is 0 Å². The molecule has 0 spiro atoms. The standard InChI is InChI=1S/C13H13BrN2O2/c1-9(17)12-6-10(14)2-3-13(12)16-4-5-18-11(7-15)8-16/h2-3,6,11H,4-5,8H2,1H3. The van der Waals surface area contributed by atoms with Gasteiger partial charge in [-0.1, -0.05) is 15.9 Å². The van der Waals surface area contributed by atoms with Gasteiger partial charge in [0.1, 0.15) is 0 Å². The molecule has 0 N–H and O–H groups in total. The molecule has 1 saturated heterocycles. The fraction of sp³-hybridized carbons (Fsp3) is 0.385. The Balaban J connectivity index is 2.33. The molecule has 18 heavy (non-hydrogen) atoms. The normalized spacial score (nSPS) is 19.4. The van der Waals surface area contributed by atoms with E-state index in [-0.39, 0.29) is 5.78 Å². The van der Waals surface area contributed by atoms with Crippen LogP contribution in [-0.4, -0.2) is 31.6 Å². The molecule has 5 heteroatoms. The van der Waals surface area contributed by atoms with Crippen LogP contribution in [0.3, 0.4) is 0 Å². The lowest BCUT2D eigenvalue weighted by Gasteiger charge is -2.32. The molecule has 1 heterocycles. The quantitative estimate of drug-likeness (QED) is 0.787. The maximum absolute atomic E-state index is 11.7. The lowest BCUT2D eigenvalue weighted by Crippen LogP contribution is -2.42. The zero-order chi connectivity index (χ0) is 13.1. The van der Waals surface area contributed by atoms with E-state index < -0.39 is 6.10 Å². The largest absolute Gasteiger partial charge is 0.365 e. The summed E-state index contributed by atoms with van der Waals surface area (Å²) >= 11 is 3.37. The van der Waals surface area contributed by atoms with Crippen molar-refractivity contribution in [3.8, 4) is 6.07 Å². The van der Waals surface area contributed by atoms with Crippen LogP contribution in [0.2, 0.25) is 0 Å². The molecule has 0 saturated carbocycles. The van der Waals surface area contributed by atoms with Crippen molar-refractivity contribution in [3.63, 3.8) is 0 Å². The van der Waals surface area contributed by atoms with Crippen LogP contribution in [0.4, 0.5) is 5.69 Å². The first kappa shape index (κ1) is 13.1. The molecule has 1 unspecified atom stereocenters. The number of Topliss-reactive ketones (excluding diaryl/α,β-unsaturated/α-hetero) is 1. The number of ether oxygens (including phenoxy) is 1. The van der Waals surface area contributed by atoms with Crippen LogP contribution >= 0.6 is 15.9 Å². The maximum atomic E-state index is 11.7. The molecule has 4 nitrogen and oxygen atoms in total. The van der Waals surface area contributed by atoms with E-state index in [0.717, 1.165) is 10.2 Å². The van der Waals surface area contributed by atoms with Gasteiger partial charge in [-0.2, -0.15) is 5.26 Å². The van der Waals surface area contributed by atoms with Gasteiger partial charge in [-0.15, -0.1) is 0 Å². The molecule has 1 atom stereocenters. The summed E-state index contributed by atoms with van der Waals surface area (Å²) in [7, 11) is 0. The van der Waals surface area contributed by atoms with E-state index in [1.807, 2.05) is 23.1 Å². The molecule has 1 aromatic carbocycles. The Hall–Kier alpha value is -1.38. The Morgan fingerprint density at radius 1 is 1.61 bits per heavy atom. The number of rotatable bonds is 2. The lowest BCUT2D eigenvalue weighted by molar-refractivity contribution is 0.0762. The van der Waals surface area contributed by atoms with Crippen LogP contribution in [0.5, 0.6) is 0 Å². The summed E-state index contributed by atoms with van der Waals surface area (Å²) in [6.45, 7) is 3.25. The highest BCUT2D eigenvalue weighted by molar-refractivity contribution is 9.10. The van der Waals surface area contributed by atoms with Crippen molar-refractivity contribution < 1.29 is 9.53 Å². The van der Waals surface area contributed by atoms with Gasteiger partial charge in [0.15, 0.2) is 11.9 Å². The highest BCUT2D eigenvalue weighted by Crippen LogP contribution is 2.26. The number of hydrogen-bond acceptors (Lipinski definition) is 4. The smallest absolute Gasteiger partial charge is 0.161 e. The summed E-state index contributed by atoms with van der Waals surface area (Å²) in [4.78, 5) is 13.7. The molecule has 0 aromatic heterocycles. The van der Waals surface area contributed by atoms with E-state index in [2.05, 4.69) is 22.0 Å². The van der Waals surface area contributed by atoms with Crippen LogP contribution in [0, 0.1) is 11.3 Å². The molecular weight excluding hydrogens is 296 g/mol. The monoisotopic (exact) mass is 308 g/mol. The third-order valence-corrected chi connectivity index (χ3v) is 3.38. The Morgan fingerprint density at radius 3 is 3.06 bits per heavy atom. The van der Waals surface area contributed by atoms with Crippen molar-refractivity contribution in [2.75, 3.05) is 24.6 Å². The average Bonchev–Trinajstić information content (AvgIpc) is 2.38. The highest BCUT2D eigenvalue weighted by Gasteiger charge is 2.23. The number of anilines is 1. The number of nitrogens with zero attached hydrogens (tertiary/aromatic N) is 2. The van der Waals surface area contributed by atoms with Gasteiger partial charge in [0.05, 0.1) is 19.2 Å². The van der Waals surface area contributed by atoms with Gasteiger partial charge in [-0.25, -0.2) is 0 Å². The third-order valence-electron chi connectivity index (χ3n) is 2.89. The molecule has 0 radical (unpaired) electrons. The van der Waals surface area contributed by atoms with Crippen LogP contribution in [0.15, 0.2) is 22.7 Å². The summed E-state index contributed by atoms with van der Waals surface area (Å²) < 4.78 is 6.18. The first-order valence-corrected chi connectivity index (χ1v) is 6.48. The van der Waals surface area contributed by atoms with E-state index in [9.17, 15) is 4.79 Å². The molecule has 2 rings (SSSR count). The number of ketones is 1. The molecule has 0 amide bonds. The number of hydrogen-bond donors (Lipinski definition) is 0. The number of morpholine rings is 1. The van der Waals surface area contributed by atoms with Crippen LogP contribution in [0.1, 0.15) is 17.3 Å². The second-order valence-electron chi connectivity index (χ2n) is 4.15. The summed E-state index contributed by atoms with van der Waals surface area (Å²) in [6.07, 6.45) is -0.429. The summed E-state index contributed by atoms with van der Waals surface area (Å²) in [5.74, 6) is 0.0197. The summed E-state index contributed by atoms with van der Waals surface area (Å²) in [5.41, 5.74) is 1.54. The number of nitriles is 1. The summed E-state index contributed by atoms with van der Waals surface area (Å²) in [5, 5.41) is 8.90. The number of benzene rings is 1. The van der Waals surface area contributed by atoms with E-state index in [4.69, 9.17) is 10.00 Å². The maximum Gasteiger partial charge on any atom is 0.161 e. The number of carbonyl (C=O) groups excluding carboxylic acids is 1. The van der Waals surface area contributed by atoms with Crippen LogP contribution in [-0.2, 0) is 4.74 Å². The van der Waals surface area contributed by atoms with Crippen molar-refractivity contribution in [1.29, 1.82) is 5.26 Å². The zero-order valence-corrected chi connectivity index (χ0v) is 11.6. The topological polar surface area (TPSA) is 53.3 Å². The SMILES string of the molecule is CC(=O)c1cc(Br)ccc1N1CCOC(C#N)C1. The van der Waals surface area contributed by atoms with Crippen molar-refractivity contribution >= 4 is 27.4 Å². The van der Waals surface area contributed by atoms with E-state index in [1.165, 1.54) is 0 Å².